The van der Waals surface area contributed by atoms with Crippen LogP contribution in [0.15, 0.2) is 12.1 Å². The second kappa shape index (κ2) is 5.11. The van der Waals surface area contributed by atoms with Crippen molar-refractivity contribution in [1.29, 1.82) is 0 Å². The predicted molar refractivity (Wildman–Crippen MR) is 65.3 cm³/mol. The largest absolute Gasteiger partial charge is 0.295 e. The van der Waals surface area contributed by atoms with E-state index in [-0.39, 0.29) is 0 Å². The zero-order valence-corrected chi connectivity index (χ0v) is 10.6. The van der Waals surface area contributed by atoms with Gasteiger partial charge in [0, 0.05) is 12.6 Å². The van der Waals surface area contributed by atoms with E-state index in [1.165, 1.54) is 12.8 Å². The molecular weight excluding hydrogens is 222 g/mol. The van der Waals surface area contributed by atoms with E-state index < -0.39 is 0 Å². The fourth-order valence-electron chi connectivity index (χ4n) is 2.28. The maximum atomic E-state index is 5.72. The summed E-state index contributed by atoms with van der Waals surface area (Å²) in [6.45, 7) is 6.67. The fraction of sp³-hybridized carbons (Fsp3) is 0.667. The standard InChI is InChI=1S/C12H18ClN3/c1-9-4-3-7-16(10(9)2)8-11-5-6-12(13)15-14-11/h5-6,9-10H,3-4,7-8H2,1-2H3. The summed E-state index contributed by atoms with van der Waals surface area (Å²) in [5, 5.41) is 8.45. The molecule has 0 bridgehead atoms. The third-order valence-corrected chi connectivity index (χ3v) is 3.76. The number of nitrogens with zero attached hydrogens (tertiary/aromatic N) is 3. The molecule has 1 aromatic heterocycles. The molecule has 0 amide bonds. The Bertz CT molecular complexity index is 339. The summed E-state index contributed by atoms with van der Waals surface area (Å²) >= 11 is 5.72. The molecule has 88 valence electrons. The summed E-state index contributed by atoms with van der Waals surface area (Å²) in [7, 11) is 0. The van der Waals surface area contributed by atoms with Gasteiger partial charge in [0.15, 0.2) is 5.15 Å². The molecule has 1 aromatic rings. The molecule has 0 radical (unpaired) electrons. The van der Waals surface area contributed by atoms with Gasteiger partial charge in [0.05, 0.1) is 5.69 Å². The van der Waals surface area contributed by atoms with Crippen LogP contribution in [0.4, 0.5) is 0 Å². The molecule has 2 rings (SSSR count). The first-order valence-electron chi connectivity index (χ1n) is 5.89. The third kappa shape index (κ3) is 2.71. The Kier molecular flexibility index (Phi) is 3.77. The summed E-state index contributed by atoms with van der Waals surface area (Å²) in [6, 6.07) is 4.40. The van der Waals surface area contributed by atoms with Crippen molar-refractivity contribution in [2.24, 2.45) is 5.92 Å². The molecule has 0 N–H and O–H groups in total. The second-order valence-corrected chi connectivity index (χ2v) is 5.07. The highest BCUT2D eigenvalue weighted by atomic mass is 35.5. The van der Waals surface area contributed by atoms with Crippen LogP contribution in [0.3, 0.4) is 0 Å². The minimum atomic E-state index is 0.462. The molecule has 2 heterocycles. The number of hydrogen-bond donors (Lipinski definition) is 0. The van der Waals surface area contributed by atoms with E-state index >= 15 is 0 Å². The maximum Gasteiger partial charge on any atom is 0.151 e. The van der Waals surface area contributed by atoms with Crippen LogP contribution < -0.4 is 0 Å². The number of piperidine rings is 1. The SMILES string of the molecule is CC1CCCN(Cc2ccc(Cl)nn2)C1C. The summed E-state index contributed by atoms with van der Waals surface area (Å²) in [4.78, 5) is 2.48. The van der Waals surface area contributed by atoms with Crippen molar-refractivity contribution >= 4 is 11.6 Å². The van der Waals surface area contributed by atoms with Gasteiger partial charge in [0.2, 0.25) is 0 Å². The number of hydrogen-bond acceptors (Lipinski definition) is 3. The lowest BCUT2D eigenvalue weighted by atomic mass is 9.92. The second-order valence-electron chi connectivity index (χ2n) is 4.68. The highest BCUT2D eigenvalue weighted by Crippen LogP contribution is 2.23. The van der Waals surface area contributed by atoms with Gasteiger partial charge >= 0.3 is 0 Å². The Morgan fingerprint density at radius 2 is 2.19 bits per heavy atom. The summed E-state index contributed by atoms with van der Waals surface area (Å²) in [6.07, 6.45) is 2.62. The van der Waals surface area contributed by atoms with Crippen LogP contribution in [0.5, 0.6) is 0 Å². The van der Waals surface area contributed by atoms with Crippen molar-refractivity contribution in [2.75, 3.05) is 6.54 Å². The van der Waals surface area contributed by atoms with Crippen LogP contribution in [-0.4, -0.2) is 27.7 Å². The number of rotatable bonds is 2. The van der Waals surface area contributed by atoms with E-state index in [4.69, 9.17) is 11.6 Å². The fourth-order valence-corrected chi connectivity index (χ4v) is 2.38. The Morgan fingerprint density at radius 3 is 2.88 bits per heavy atom. The Labute approximate surface area is 102 Å². The van der Waals surface area contributed by atoms with Gasteiger partial charge in [-0.1, -0.05) is 18.5 Å². The molecule has 4 heteroatoms. The average molecular weight is 240 g/mol. The van der Waals surface area contributed by atoms with Gasteiger partial charge in [-0.15, -0.1) is 5.10 Å². The minimum Gasteiger partial charge on any atom is -0.295 e. The molecule has 1 aliphatic heterocycles. The van der Waals surface area contributed by atoms with Crippen molar-refractivity contribution in [3.8, 4) is 0 Å². The van der Waals surface area contributed by atoms with Gasteiger partial charge in [-0.05, 0) is 44.4 Å². The van der Waals surface area contributed by atoms with E-state index in [9.17, 15) is 0 Å². The lowest BCUT2D eigenvalue weighted by molar-refractivity contribution is 0.105. The quantitative estimate of drug-likeness (QED) is 0.795. The predicted octanol–water partition coefficient (Wildman–Crippen LogP) is 2.75. The summed E-state index contributed by atoms with van der Waals surface area (Å²) < 4.78 is 0. The van der Waals surface area contributed by atoms with Crippen molar-refractivity contribution in [2.45, 2.75) is 39.3 Å². The zero-order valence-electron chi connectivity index (χ0n) is 9.86. The number of aromatic nitrogens is 2. The van der Waals surface area contributed by atoms with Gasteiger partial charge in [-0.25, -0.2) is 0 Å². The van der Waals surface area contributed by atoms with E-state index in [1.54, 1.807) is 0 Å². The molecule has 0 saturated carbocycles. The number of likely N-dealkylation sites (tertiary alicyclic amines) is 1. The highest BCUT2D eigenvalue weighted by molar-refractivity contribution is 6.29. The van der Waals surface area contributed by atoms with Gasteiger partial charge < -0.3 is 0 Å². The third-order valence-electron chi connectivity index (χ3n) is 3.56. The molecule has 16 heavy (non-hydrogen) atoms. The van der Waals surface area contributed by atoms with E-state index in [2.05, 4.69) is 28.9 Å². The van der Waals surface area contributed by atoms with Crippen LogP contribution in [0.1, 0.15) is 32.4 Å². The monoisotopic (exact) mass is 239 g/mol. The average Bonchev–Trinajstić information content (AvgIpc) is 2.28. The van der Waals surface area contributed by atoms with Crippen molar-refractivity contribution < 1.29 is 0 Å². The topological polar surface area (TPSA) is 29.0 Å². The van der Waals surface area contributed by atoms with E-state index in [0.717, 1.165) is 24.7 Å². The van der Waals surface area contributed by atoms with Crippen LogP contribution in [0.25, 0.3) is 0 Å². The molecule has 0 spiro atoms. The normalized spacial score (nSPS) is 26.9. The lowest BCUT2D eigenvalue weighted by Gasteiger charge is -2.37. The highest BCUT2D eigenvalue weighted by Gasteiger charge is 2.24. The first kappa shape index (κ1) is 11.8. The molecule has 0 aromatic carbocycles. The van der Waals surface area contributed by atoms with Crippen LogP contribution in [0, 0.1) is 5.92 Å². The van der Waals surface area contributed by atoms with Crippen molar-refractivity contribution in [3.63, 3.8) is 0 Å². The Balaban J connectivity index is 2.00. The smallest absolute Gasteiger partial charge is 0.151 e. The van der Waals surface area contributed by atoms with Crippen LogP contribution in [-0.2, 0) is 6.54 Å². The lowest BCUT2D eigenvalue weighted by Crippen LogP contribution is -2.41. The minimum absolute atomic E-state index is 0.462. The summed E-state index contributed by atoms with van der Waals surface area (Å²) in [5.74, 6) is 0.772. The molecule has 2 unspecified atom stereocenters. The van der Waals surface area contributed by atoms with Crippen LogP contribution in [0.2, 0.25) is 5.15 Å². The van der Waals surface area contributed by atoms with E-state index in [0.29, 0.717) is 11.2 Å². The van der Waals surface area contributed by atoms with Crippen molar-refractivity contribution in [1.82, 2.24) is 15.1 Å². The molecule has 1 saturated heterocycles. The molecule has 1 fully saturated rings. The van der Waals surface area contributed by atoms with Gasteiger partial charge in [0.1, 0.15) is 0 Å². The maximum absolute atomic E-state index is 5.72. The molecule has 3 nitrogen and oxygen atoms in total. The molecule has 2 atom stereocenters. The van der Waals surface area contributed by atoms with Gasteiger partial charge in [0.25, 0.3) is 0 Å². The Hall–Kier alpha value is -0.670. The number of halogens is 1. The van der Waals surface area contributed by atoms with Crippen LogP contribution >= 0.6 is 11.6 Å². The first-order chi connectivity index (χ1) is 7.66. The zero-order chi connectivity index (χ0) is 11.5. The van der Waals surface area contributed by atoms with Crippen molar-refractivity contribution in [3.05, 3.63) is 23.0 Å². The molecule has 0 aliphatic carbocycles. The molecule has 1 aliphatic rings. The van der Waals surface area contributed by atoms with Gasteiger partial charge in [-0.3, -0.25) is 4.90 Å². The first-order valence-corrected chi connectivity index (χ1v) is 6.27. The summed E-state index contributed by atoms with van der Waals surface area (Å²) in [5.41, 5.74) is 1.00. The van der Waals surface area contributed by atoms with E-state index in [1.807, 2.05) is 12.1 Å². The Morgan fingerprint density at radius 1 is 1.38 bits per heavy atom. The van der Waals surface area contributed by atoms with Gasteiger partial charge in [-0.2, -0.15) is 5.10 Å². The molecular formula is C12H18ClN3.